The predicted octanol–water partition coefficient (Wildman–Crippen LogP) is 3.28. The predicted molar refractivity (Wildman–Crippen MR) is 113 cm³/mol. The average molecular weight is 448 g/mol. The van der Waals surface area contributed by atoms with E-state index < -0.39 is 0 Å². The number of guanidine groups is 1. The number of nitrogens with zero attached hydrogens (tertiary/aromatic N) is 3. The molecule has 1 N–H and O–H groups in total. The smallest absolute Gasteiger partial charge is 0.193 e. The monoisotopic (exact) mass is 448 g/mol. The highest BCUT2D eigenvalue weighted by atomic mass is 127. The lowest BCUT2D eigenvalue weighted by Crippen LogP contribution is -2.43. The third-order valence-electron chi connectivity index (χ3n) is 6.16. The highest BCUT2D eigenvalue weighted by Crippen LogP contribution is 2.48. The van der Waals surface area contributed by atoms with Crippen molar-refractivity contribution in [1.82, 2.24) is 15.1 Å². The first-order chi connectivity index (χ1) is 11.2. The first-order valence-corrected chi connectivity index (χ1v) is 9.93. The molecular formula is C19H37IN4. The minimum absolute atomic E-state index is 0. The van der Waals surface area contributed by atoms with Crippen molar-refractivity contribution >= 4 is 29.9 Å². The summed E-state index contributed by atoms with van der Waals surface area (Å²) in [4.78, 5) is 9.62. The van der Waals surface area contributed by atoms with Gasteiger partial charge in [-0.05, 0) is 68.9 Å². The summed E-state index contributed by atoms with van der Waals surface area (Å²) < 4.78 is 0. The second-order valence-electron chi connectivity index (χ2n) is 7.85. The van der Waals surface area contributed by atoms with Crippen LogP contribution in [-0.4, -0.2) is 62.1 Å². The molecule has 0 aromatic rings. The Morgan fingerprint density at radius 2 is 1.75 bits per heavy atom. The molecule has 0 radical (unpaired) electrons. The fourth-order valence-corrected chi connectivity index (χ4v) is 4.33. The Hall–Kier alpha value is -0.0400. The SMILES string of the molecule is CCN(CC)CC1CCN(C(=NC)NCC(C2CC2)C2CC2)C1.I. The Kier molecular flexibility index (Phi) is 8.11. The van der Waals surface area contributed by atoms with E-state index in [0.717, 1.165) is 36.2 Å². The van der Waals surface area contributed by atoms with Crippen molar-refractivity contribution in [1.29, 1.82) is 0 Å². The third kappa shape index (κ3) is 5.48. The van der Waals surface area contributed by atoms with Gasteiger partial charge in [0.15, 0.2) is 5.96 Å². The second-order valence-corrected chi connectivity index (χ2v) is 7.85. The number of nitrogens with one attached hydrogen (secondary N) is 1. The van der Waals surface area contributed by atoms with E-state index in [1.165, 1.54) is 64.8 Å². The molecule has 0 spiro atoms. The van der Waals surface area contributed by atoms with Crippen LogP contribution in [0.1, 0.15) is 46.0 Å². The minimum atomic E-state index is 0. The van der Waals surface area contributed by atoms with Crippen LogP contribution in [0.15, 0.2) is 4.99 Å². The zero-order valence-corrected chi connectivity index (χ0v) is 18.2. The van der Waals surface area contributed by atoms with Crippen LogP contribution in [0.3, 0.4) is 0 Å². The number of likely N-dealkylation sites (tertiary alicyclic amines) is 1. The Morgan fingerprint density at radius 3 is 2.25 bits per heavy atom. The largest absolute Gasteiger partial charge is 0.356 e. The molecule has 3 fully saturated rings. The Bertz CT molecular complexity index is 390. The van der Waals surface area contributed by atoms with Crippen LogP contribution >= 0.6 is 24.0 Å². The van der Waals surface area contributed by atoms with Gasteiger partial charge in [0.1, 0.15) is 0 Å². The van der Waals surface area contributed by atoms with E-state index in [4.69, 9.17) is 0 Å². The second kappa shape index (κ2) is 9.60. The van der Waals surface area contributed by atoms with Gasteiger partial charge in [0.25, 0.3) is 0 Å². The normalized spacial score (nSPS) is 24.6. The average Bonchev–Trinajstić information content (AvgIpc) is 3.49. The number of aliphatic imine (C=N–C) groups is 1. The summed E-state index contributed by atoms with van der Waals surface area (Å²) in [5.74, 6) is 4.90. The maximum atomic E-state index is 4.57. The standard InChI is InChI=1S/C19H36N4.HI/c1-4-22(5-2)13-15-10-11-23(14-15)19(20-3)21-12-18(16-6-7-16)17-8-9-17;/h15-18H,4-14H2,1-3H3,(H,20,21);1H. The van der Waals surface area contributed by atoms with Crippen LogP contribution in [-0.2, 0) is 0 Å². The van der Waals surface area contributed by atoms with Crippen molar-refractivity contribution in [2.24, 2.45) is 28.7 Å². The molecule has 3 aliphatic rings. The molecule has 0 amide bonds. The first kappa shape index (κ1) is 20.3. The van der Waals surface area contributed by atoms with Gasteiger partial charge in [0, 0.05) is 33.2 Å². The summed E-state index contributed by atoms with van der Waals surface area (Å²) >= 11 is 0. The first-order valence-electron chi connectivity index (χ1n) is 9.93. The molecule has 4 nitrogen and oxygen atoms in total. The fourth-order valence-electron chi connectivity index (χ4n) is 4.33. The summed E-state index contributed by atoms with van der Waals surface area (Å²) in [5, 5.41) is 3.72. The maximum absolute atomic E-state index is 4.57. The Balaban J connectivity index is 0.00000208. The molecule has 2 saturated carbocycles. The quantitative estimate of drug-likeness (QED) is 0.351. The summed E-state index contributed by atoms with van der Waals surface area (Å²) in [7, 11) is 1.95. The maximum Gasteiger partial charge on any atom is 0.193 e. The zero-order chi connectivity index (χ0) is 16.2. The lowest BCUT2D eigenvalue weighted by Gasteiger charge is -2.26. The van der Waals surface area contributed by atoms with Gasteiger partial charge < -0.3 is 15.1 Å². The number of hydrogen-bond donors (Lipinski definition) is 1. The molecule has 2 aliphatic carbocycles. The third-order valence-corrected chi connectivity index (χ3v) is 6.16. The van der Waals surface area contributed by atoms with Gasteiger partial charge in [-0.1, -0.05) is 13.8 Å². The molecule has 1 aliphatic heterocycles. The highest BCUT2D eigenvalue weighted by molar-refractivity contribution is 14.0. The van der Waals surface area contributed by atoms with Gasteiger partial charge in [-0.25, -0.2) is 0 Å². The topological polar surface area (TPSA) is 30.9 Å². The molecule has 0 bridgehead atoms. The van der Waals surface area contributed by atoms with Crippen molar-refractivity contribution in [2.75, 3.05) is 46.3 Å². The van der Waals surface area contributed by atoms with E-state index in [1.807, 2.05) is 7.05 Å². The van der Waals surface area contributed by atoms with Crippen molar-refractivity contribution < 1.29 is 0 Å². The van der Waals surface area contributed by atoms with Gasteiger partial charge in [0.2, 0.25) is 0 Å². The van der Waals surface area contributed by atoms with Crippen molar-refractivity contribution in [3.8, 4) is 0 Å². The molecule has 140 valence electrons. The van der Waals surface area contributed by atoms with Crippen molar-refractivity contribution in [3.63, 3.8) is 0 Å². The summed E-state index contributed by atoms with van der Waals surface area (Å²) in [6.07, 6.45) is 7.19. The van der Waals surface area contributed by atoms with Crippen LogP contribution < -0.4 is 5.32 Å². The molecule has 1 saturated heterocycles. The van der Waals surface area contributed by atoms with E-state index in [2.05, 4.69) is 34.0 Å². The summed E-state index contributed by atoms with van der Waals surface area (Å²) in [6.45, 7) is 11.6. The van der Waals surface area contributed by atoms with Crippen LogP contribution in [0.25, 0.3) is 0 Å². The molecule has 5 heteroatoms. The molecule has 1 heterocycles. The Labute approximate surface area is 165 Å². The van der Waals surface area contributed by atoms with Crippen LogP contribution in [0.2, 0.25) is 0 Å². The fraction of sp³-hybridized carbons (Fsp3) is 0.947. The molecule has 24 heavy (non-hydrogen) atoms. The number of hydrogen-bond acceptors (Lipinski definition) is 2. The number of halogens is 1. The Morgan fingerprint density at radius 1 is 1.12 bits per heavy atom. The summed E-state index contributed by atoms with van der Waals surface area (Å²) in [5.41, 5.74) is 0. The van der Waals surface area contributed by atoms with Crippen LogP contribution in [0.5, 0.6) is 0 Å². The van der Waals surface area contributed by atoms with E-state index in [9.17, 15) is 0 Å². The van der Waals surface area contributed by atoms with Gasteiger partial charge in [-0.3, -0.25) is 4.99 Å². The van der Waals surface area contributed by atoms with E-state index in [1.54, 1.807) is 0 Å². The van der Waals surface area contributed by atoms with Gasteiger partial charge in [-0.2, -0.15) is 0 Å². The van der Waals surface area contributed by atoms with E-state index >= 15 is 0 Å². The van der Waals surface area contributed by atoms with Gasteiger partial charge in [0.05, 0.1) is 0 Å². The van der Waals surface area contributed by atoms with Crippen molar-refractivity contribution in [3.05, 3.63) is 0 Å². The van der Waals surface area contributed by atoms with Crippen molar-refractivity contribution in [2.45, 2.75) is 46.0 Å². The van der Waals surface area contributed by atoms with E-state index in [0.29, 0.717) is 0 Å². The van der Waals surface area contributed by atoms with Gasteiger partial charge in [-0.15, -0.1) is 24.0 Å². The molecule has 0 aromatic carbocycles. The highest BCUT2D eigenvalue weighted by Gasteiger charge is 2.41. The molecule has 1 atom stereocenters. The van der Waals surface area contributed by atoms with Crippen LogP contribution in [0.4, 0.5) is 0 Å². The number of rotatable bonds is 8. The zero-order valence-electron chi connectivity index (χ0n) is 15.8. The molecule has 1 unspecified atom stereocenters. The van der Waals surface area contributed by atoms with E-state index in [-0.39, 0.29) is 24.0 Å². The van der Waals surface area contributed by atoms with Crippen LogP contribution in [0, 0.1) is 23.7 Å². The van der Waals surface area contributed by atoms with Gasteiger partial charge >= 0.3 is 0 Å². The lowest BCUT2D eigenvalue weighted by atomic mass is 9.98. The molecule has 0 aromatic heterocycles. The lowest BCUT2D eigenvalue weighted by molar-refractivity contribution is 0.255. The molecule has 3 rings (SSSR count). The summed E-state index contributed by atoms with van der Waals surface area (Å²) in [6, 6.07) is 0. The minimum Gasteiger partial charge on any atom is -0.356 e. The molecular weight excluding hydrogens is 411 g/mol.